The second-order valence-corrected chi connectivity index (χ2v) is 4.33. The second kappa shape index (κ2) is 1.93. The molecule has 0 spiro atoms. The molecule has 0 heterocycles. The van der Waals surface area contributed by atoms with E-state index in [9.17, 15) is 13.2 Å². The lowest BCUT2D eigenvalue weighted by molar-refractivity contribution is -0.215. The van der Waals surface area contributed by atoms with E-state index in [4.69, 9.17) is 0 Å². The van der Waals surface area contributed by atoms with Crippen molar-refractivity contribution in [2.75, 3.05) is 0 Å². The number of alkyl halides is 3. The van der Waals surface area contributed by atoms with Crippen LogP contribution in [-0.2, 0) is 0 Å². The van der Waals surface area contributed by atoms with Gasteiger partial charge < -0.3 is 0 Å². The SMILES string of the molecule is CC(C)(C)C1(C(F)(F)F)CC1. The Hall–Kier alpha value is -0.210. The first kappa shape index (κ1) is 8.88. The molecule has 0 unspecified atom stereocenters. The molecule has 1 fully saturated rings. The van der Waals surface area contributed by atoms with E-state index < -0.39 is 17.0 Å². The van der Waals surface area contributed by atoms with Gasteiger partial charge in [-0.1, -0.05) is 20.8 Å². The van der Waals surface area contributed by atoms with Gasteiger partial charge in [-0.2, -0.15) is 13.2 Å². The molecule has 0 aromatic rings. The third-order valence-corrected chi connectivity index (χ3v) is 2.73. The largest absolute Gasteiger partial charge is 0.395 e. The van der Waals surface area contributed by atoms with E-state index in [0.717, 1.165) is 0 Å². The zero-order valence-electron chi connectivity index (χ0n) is 7.05. The van der Waals surface area contributed by atoms with Crippen LogP contribution in [0.15, 0.2) is 0 Å². The second-order valence-electron chi connectivity index (χ2n) is 4.33. The van der Waals surface area contributed by atoms with Crippen molar-refractivity contribution in [1.29, 1.82) is 0 Å². The van der Waals surface area contributed by atoms with Crippen molar-refractivity contribution in [2.24, 2.45) is 10.8 Å². The maximum atomic E-state index is 12.4. The quantitative estimate of drug-likeness (QED) is 0.517. The van der Waals surface area contributed by atoms with Gasteiger partial charge in [0.05, 0.1) is 5.41 Å². The van der Waals surface area contributed by atoms with Gasteiger partial charge in [0.1, 0.15) is 0 Å². The molecule has 1 aliphatic rings. The molecule has 3 heteroatoms. The lowest BCUT2D eigenvalue weighted by atomic mass is 9.77. The standard InChI is InChI=1S/C8H13F3/c1-6(2,3)7(4-5-7)8(9,10)11/h4-5H2,1-3H3. The zero-order valence-corrected chi connectivity index (χ0v) is 7.05. The summed E-state index contributed by atoms with van der Waals surface area (Å²) in [7, 11) is 0. The maximum absolute atomic E-state index is 12.4. The molecule has 0 radical (unpaired) electrons. The molecule has 0 saturated heterocycles. The molecule has 0 nitrogen and oxygen atoms in total. The van der Waals surface area contributed by atoms with Gasteiger partial charge in [-0.15, -0.1) is 0 Å². The van der Waals surface area contributed by atoms with Crippen LogP contribution < -0.4 is 0 Å². The van der Waals surface area contributed by atoms with Gasteiger partial charge in [-0.3, -0.25) is 0 Å². The monoisotopic (exact) mass is 166 g/mol. The Morgan fingerprint density at radius 2 is 1.36 bits per heavy atom. The van der Waals surface area contributed by atoms with Crippen LogP contribution in [-0.4, -0.2) is 6.18 Å². The predicted molar refractivity (Wildman–Crippen MR) is 37.2 cm³/mol. The molecule has 1 saturated carbocycles. The van der Waals surface area contributed by atoms with Crippen molar-refractivity contribution in [3.8, 4) is 0 Å². The molecule has 0 amide bonds. The molecule has 0 aromatic heterocycles. The van der Waals surface area contributed by atoms with E-state index in [1.807, 2.05) is 0 Å². The van der Waals surface area contributed by atoms with Crippen LogP contribution in [0.1, 0.15) is 33.6 Å². The molecular weight excluding hydrogens is 153 g/mol. The lowest BCUT2D eigenvalue weighted by Gasteiger charge is -2.32. The van der Waals surface area contributed by atoms with E-state index in [-0.39, 0.29) is 0 Å². The highest BCUT2D eigenvalue weighted by molar-refractivity contribution is 5.06. The number of halogens is 3. The predicted octanol–water partition coefficient (Wildman–Crippen LogP) is 3.38. The van der Waals surface area contributed by atoms with Crippen molar-refractivity contribution in [3.05, 3.63) is 0 Å². The molecule has 11 heavy (non-hydrogen) atoms. The minimum atomic E-state index is -4.01. The highest BCUT2D eigenvalue weighted by Crippen LogP contribution is 2.66. The average Bonchev–Trinajstić information content (AvgIpc) is 2.31. The highest BCUT2D eigenvalue weighted by atomic mass is 19.4. The van der Waals surface area contributed by atoms with Crippen molar-refractivity contribution in [3.63, 3.8) is 0 Å². The Morgan fingerprint density at radius 1 is 1.00 bits per heavy atom. The summed E-state index contributed by atoms with van der Waals surface area (Å²) in [6.07, 6.45) is -3.40. The first-order valence-electron chi connectivity index (χ1n) is 3.77. The number of hydrogen-bond donors (Lipinski definition) is 0. The van der Waals surface area contributed by atoms with Crippen LogP contribution in [0, 0.1) is 10.8 Å². The molecule has 0 aromatic carbocycles. The fourth-order valence-corrected chi connectivity index (χ4v) is 1.58. The Bertz CT molecular complexity index is 141. The molecule has 0 bridgehead atoms. The van der Waals surface area contributed by atoms with Gasteiger partial charge in [0.15, 0.2) is 0 Å². The minimum absolute atomic E-state index is 0.306. The van der Waals surface area contributed by atoms with Gasteiger partial charge in [0, 0.05) is 0 Å². The molecule has 1 rings (SSSR count). The van der Waals surface area contributed by atoms with E-state index >= 15 is 0 Å². The Balaban J connectivity index is 2.85. The van der Waals surface area contributed by atoms with E-state index in [2.05, 4.69) is 0 Å². The van der Waals surface area contributed by atoms with E-state index in [1.165, 1.54) is 0 Å². The third kappa shape index (κ3) is 1.14. The Morgan fingerprint density at radius 3 is 1.36 bits per heavy atom. The topological polar surface area (TPSA) is 0 Å². The zero-order chi connectivity index (χ0) is 8.91. The van der Waals surface area contributed by atoms with Crippen LogP contribution in [0.2, 0.25) is 0 Å². The fourth-order valence-electron chi connectivity index (χ4n) is 1.58. The first-order chi connectivity index (χ1) is 4.71. The van der Waals surface area contributed by atoms with Crippen molar-refractivity contribution < 1.29 is 13.2 Å². The maximum Gasteiger partial charge on any atom is 0.395 e. The van der Waals surface area contributed by atoms with E-state index in [1.54, 1.807) is 20.8 Å². The van der Waals surface area contributed by atoms with Crippen LogP contribution in [0.25, 0.3) is 0 Å². The Labute approximate surface area is 64.8 Å². The van der Waals surface area contributed by atoms with Crippen molar-refractivity contribution >= 4 is 0 Å². The lowest BCUT2D eigenvalue weighted by Crippen LogP contribution is -2.36. The number of hydrogen-bond acceptors (Lipinski definition) is 0. The smallest absolute Gasteiger partial charge is 0.170 e. The normalized spacial score (nSPS) is 23.5. The molecule has 0 aliphatic heterocycles. The Kier molecular flexibility index (Phi) is 1.56. The van der Waals surface area contributed by atoms with Crippen LogP contribution >= 0.6 is 0 Å². The molecule has 1 aliphatic carbocycles. The van der Waals surface area contributed by atoms with Crippen molar-refractivity contribution in [1.82, 2.24) is 0 Å². The summed E-state index contributed by atoms with van der Waals surface area (Å²) in [4.78, 5) is 0. The molecular formula is C8H13F3. The summed E-state index contributed by atoms with van der Waals surface area (Å²) in [5.41, 5.74) is -2.01. The van der Waals surface area contributed by atoms with Gasteiger partial charge in [-0.25, -0.2) is 0 Å². The first-order valence-corrected chi connectivity index (χ1v) is 3.77. The van der Waals surface area contributed by atoms with Gasteiger partial charge in [0.25, 0.3) is 0 Å². The average molecular weight is 166 g/mol. The highest BCUT2D eigenvalue weighted by Gasteiger charge is 2.68. The van der Waals surface area contributed by atoms with Gasteiger partial charge in [0.2, 0.25) is 0 Å². The summed E-state index contributed by atoms with van der Waals surface area (Å²) < 4.78 is 37.2. The fraction of sp³-hybridized carbons (Fsp3) is 1.00. The summed E-state index contributed by atoms with van der Waals surface area (Å²) in [6, 6.07) is 0. The summed E-state index contributed by atoms with van der Waals surface area (Å²) in [5.74, 6) is 0. The van der Waals surface area contributed by atoms with Gasteiger partial charge >= 0.3 is 6.18 Å². The van der Waals surface area contributed by atoms with Crippen LogP contribution in [0.4, 0.5) is 13.2 Å². The molecule has 66 valence electrons. The van der Waals surface area contributed by atoms with Crippen molar-refractivity contribution in [2.45, 2.75) is 39.8 Å². The molecule has 0 N–H and O–H groups in total. The minimum Gasteiger partial charge on any atom is -0.170 e. The van der Waals surface area contributed by atoms with E-state index in [0.29, 0.717) is 12.8 Å². The van der Waals surface area contributed by atoms with Crippen LogP contribution in [0.5, 0.6) is 0 Å². The summed E-state index contributed by atoms with van der Waals surface area (Å²) in [6.45, 7) is 4.98. The van der Waals surface area contributed by atoms with Crippen LogP contribution in [0.3, 0.4) is 0 Å². The summed E-state index contributed by atoms with van der Waals surface area (Å²) in [5, 5.41) is 0. The summed E-state index contributed by atoms with van der Waals surface area (Å²) >= 11 is 0. The number of rotatable bonds is 0. The molecule has 0 atom stereocenters. The third-order valence-electron chi connectivity index (χ3n) is 2.73. The van der Waals surface area contributed by atoms with Gasteiger partial charge in [-0.05, 0) is 18.3 Å².